The molecule has 0 amide bonds. The number of fused-ring (bicyclic) bond motifs is 2. The third kappa shape index (κ3) is 4.01. The number of hydrogen-bond acceptors (Lipinski definition) is 7. The number of rotatable bonds is 6. The minimum Gasteiger partial charge on any atom is -0.494 e. The Morgan fingerprint density at radius 3 is 2.68 bits per heavy atom. The molecule has 4 aromatic heterocycles. The van der Waals surface area contributed by atoms with Crippen LogP contribution in [0, 0.1) is 0 Å². The number of aromatic nitrogens is 4. The van der Waals surface area contributed by atoms with Crippen LogP contribution in [0.15, 0.2) is 95.6 Å². The Balaban J connectivity index is 1.59. The highest BCUT2D eigenvalue weighted by atomic mass is 32.1. The van der Waals surface area contributed by atoms with Crippen LogP contribution in [0.3, 0.4) is 0 Å². The molecule has 1 N–H and O–H groups in total. The number of thiazole rings is 1. The largest absolute Gasteiger partial charge is 0.494 e. The molecule has 0 spiro atoms. The van der Waals surface area contributed by atoms with Crippen LogP contribution in [-0.2, 0) is 0 Å². The van der Waals surface area contributed by atoms with Gasteiger partial charge in [-0.15, -0.1) is 11.3 Å². The summed E-state index contributed by atoms with van der Waals surface area (Å²) >= 11 is 1.57. The summed E-state index contributed by atoms with van der Waals surface area (Å²) in [4.78, 5) is 27.5. The smallest absolute Gasteiger partial charge is 0.263 e. The molecule has 4 heterocycles. The van der Waals surface area contributed by atoms with Gasteiger partial charge in [0.1, 0.15) is 11.3 Å². The molecule has 6 rings (SSSR count). The van der Waals surface area contributed by atoms with Crippen LogP contribution >= 0.6 is 11.3 Å². The third-order valence-corrected chi connectivity index (χ3v) is 7.22. The lowest BCUT2D eigenvalue weighted by Crippen LogP contribution is -2.26. The molecule has 0 saturated carbocycles. The molecule has 0 unspecified atom stereocenters. The number of hydrogen-bond donors (Lipinski definition) is 1. The summed E-state index contributed by atoms with van der Waals surface area (Å²) in [5.41, 5.74) is 5.74. The summed E-state index contributed by atoms with van der Waals surface area (Å²) in [6.45, 7) is 2.03. The van der Waals surface area contributed by atoms with Crippen molar-refractivity contribution in [3.63, 3.8) is 0 Å². The topological polar surface area (TPSA) is 81.9 Å². The molecule has 8 heteroatoms. The summed E-state index contributed by atoms with van der Waals surface area (Å²) in [5.74, 6) is 1.30. The van der Waals surface area contributed by atoms with E-state index in [1.807, 2.05) is 73.1 Å². The Hall–Kier alpha value is -4.56. The van der Waals surface area contributed by atoms with Gasteiger partial charge in [-0.25, -0.2) is 9.97 Å². The van der Waals surface area contributed by atoms with Gasteiger partial charge < -0.3 is 10.1 Å². The molecule has 7 nitrogen and oxygen atoms in total. The van der Waals surface area contributed by atoms with Crippen molar-refractivity contribution in [2.75, 3.05) is 12.4 Å². The summed E-state index contributed by atoms with van der Waals surface area (Å²) in [6.07, 6.45) is 5.14. The second kappa shape index (κ2) is 9.48. The van der Waals surface area contributed by atoms with Gasteiger partial charge in [-0.1, -0.05) is 36.4 Å². The van der Waals surface area contributed by atoms with E-state index < -0.39 is 0 Å². The van der Waals surface area contributed by atoms with Crippen molar-refractivity contribution in [1.29, 1.82) is 0 Å². The van der Waals surface area contributed by atoms with Gasteiger partial charge in [0.2, 0.25) is 0 Å². The predicted octanol–water partition coefficient (Wildman–Crippen LogP) is 6.24. The van der Waals surface area contributed by atoms with Gasteiger partial charge >= 0.3 is 0 Å². The maximum atomic E-state index is 14.3. The number of benzene rings is 2. The molecule has 2 aromatic carbocycles. The number of pyridine rings is 3. The van der Waals surface area contributed by atoms with Gasteiger partial charge in [-0.2, -0.15) is 0 Å². The zero-order chi connectivity index (χ0) is 25.4. The van der Waals surface area contributed by atoms with Gasteiger partial charge in [0.15, 0.2) is 5.82 Å². The molecule has 182 valence electrons. The molecular weight excluding hydrogens is 482 g/mol. The third-order valence-electron chi connectivity index (χ3n) is 6.43. The van der Waals surface area contributed by atoms with Crippen LogP contribution in [-0.4, -0.2) is 26.6 Å². The van der Waals surface area contributed by atoms with E-state index in [1.54, 1.807) is 41.6 Å². The zero-order valence-corrected chi connectivity index (χ0v) is 21.1. The Morgan fingerprint density at radius 1 is 0.973 bits per heavy atom. The van der Waals surface area contributed by atoms with E-state index in [0.29, 0.717) is 17.0 Å². The fourth-order valence-corrected chi connectivity index (χ4v) is 5.38. The quantitative estimate of drug-likeness (QED) is 0.289. The molecule has 0 radical (unpaired) electrons. The first kappa shape index (κ1) is 22.9. The number of nitrogens with zero attached hydrogens (tertiary/aromatic N) is 4. The van der Waals surface area contributed by atoms with Crippen molar-refractivity contribution < 1.29 is 4.74 Å². The van der Waals surface area contributed by atoms with Crippen LogP contribution in [0.1, 0.15) is 18.7 Å². The van der Waals surface area contributed by atoms with Crippen molar-refractivity contribution in [2.45, 2.75) is 13.0 Å². The highest BCUT2D eigenvalue weighted by molar-refractivity contribution is 7.16. The minimum absolute atomic E-state index is 0.110. The highest BCUT2D eigenvalue weighted by Gasteiger charge is 2.20. The van der Waals surface area contributed by atoms with Crippen LogP contribution < -0.4 is 15.6 Å². The SMILES string of the molecule is COc1cnccc1-c1cccc2cc([C@H](C)Nc3nccc4scnc34)n(-c3ccccc3)c(=O)c12. The highest BCUT2D eigenvalue weighted by Crippen LogP contribution is 2.35. The van der Waals surface area contributed by atoms with Gasteiger partial charge in [-0.3, -0.25) is 14.3 Å². The summed E-state index contributed by atoms with van der Waals surface area (Å²) in [5, 5.41) is 4.96. The fourth-order valence-electron chi connectivity index (χ4n) is 4.71. The van der Waals surface area contributed by atoms with E-state index in [9.17, 15) is 4.79 Å². The van der Waals surface area contributed by atoms with Crippen LogP contribution in [0.25, 0.3) is 37.8 Å². The van der Waals surface area contributed by atoms with E-state index in [2.05, 4.69) is 26.3 Å². The second-order valence-electron chi connectivity index (χ2n) is 8.62. The van der Waals surface area contributed by atoms with Gasteiger partial charge in [0.25, 0.3) is 5.56 Å². The van der Waals surface area contributed by atoms with Crippen molar-refractivity contribution >= 4 is 38.1 Å². The van der Waals surface area contributed by atoms with Crippen LogP contribution in [0.5, 0.6) is 5.75 Å². The molecule has 1 atom stereocenters. The molecule has 0 aliphatic heterocycles. The molecule has 0 bridgehead atoms. The Kier molecular flexibility index (Phi) is 5.86. The van der Waals surface area contributed by atoms with E-state index in [-0.39, 0.29) is 11.6 Å². The van der Waals surface area contributed by atoms with Gasteiger partial charge in [-0.05, 0) is 48.2 Å². The van der Waals surface area contributed by atoms with E-state index >= 15 is 0 Å². The van der Waals surface area contributed by atoms with Crippen LogP contribution in [0.4, 0.5) is 5.82 Å². The normalized spacial score (nSPS) is 12.1. The molecule has 0 aliphatic carbocycles. The number of ether oxygens (including phenoxy) is 1. The van der Waals surface area contributed by atoms with Crippen molar-refractivity contribution in [3.05, 3.63) is 107 Å². The average molecular weight is 506 g/mol. The molecule has 0 saturated heterocycles. The van der Waals surface area contributed by atoms with Crippen molar-refractivity contribution in [1.82, 2.24) is 19.5 Å². The minimum atomic E-state index is -0.240. The standard InChI is InChI=1S/C29H23N5O2S/c1-18(33-28-27-25(12-14-31-28)37-17-32-27)23-15-19-7-6-10-22(21-11-13-30-16-24(21)36-2)26(19)29(35)34(23)20-8-4-3-5-9-20/h3-18H,1-2H3,(H,31,33)/t18-/m0/s1. The van der Waals surface area contributed by atoms with E-state index in [4.69, 9.17) is 4.74 Å². The monoisotopic (exact) mass is 505 g/mol. The Labute approximate surface area is 217 Å². The maximum Gasteiger partial charge on any atom is 0.263 e. The first-order valence-electron chi connectivity index (χ1n) is 11.8. The van der Waals surface area contributed by atoms with Gasteiger partial charge in [0, 0.05) is 29.3 Å². The Bertz CT molecular complexity index is 1800. The van der Waals surface area contributed by atoms with Crippen LogP contribution in [0.2, 0.25) is 0 Å². The zero-order valence-electron chi connectivity index (χ0n) is 20.3. The molecular formula is C29H23N5O2S. The summed E-state index contributed by atoms with van der Waals surface area (Å²) < 4.78 is 8.40. The number of methoxy groups -OCH3 is 1. The maximum absolute atomic E-state index is 14.3. The predicted molar refractivity (Wildman–Crippen MR) is 149 cm³/mol. The van der Waals surface area contributed by atoms with Crippen molar-refractivity contribution in [2.24, 2.45) is 0 Å². The number of para-hydroxylation sites is 1. The lowest BCUT2D eigenvalue weighted by molar-refractivity contribution is 0.414. The molecule has 0 fully saturated rings. The molecule has 6 aromatic rings. The van der Waals surface area contributed by atoms with Gasteiger partial charge in [0.05, 0.1) is 34.9 Å². The lowest BCUT2D eigenvalue weighted by atomic mass is 9.98. The first-order chi connectivity index (χ1) is 18.2. The Morgan fingerprint density at radius 2 is 1.84 bits per heavy atom. The van der Waals surface area contributed by atoms with E-state index in [0.717, 1.165) is 38.1 Å². The second-order valence-corrected chi connectivity index (χ2v) is 9.50. The lowest BCUT2D eigenvalue weighted by Gasteiger charge is -2.22. The summed E-state index contributed by atoms with van der Waals surface area (Å²) in [6, 6.07) is 21.2. The molecule has 37 heavy (non-hydrogen) atoms. The number of anilines is 1. The van der Waals surface area contributed by atoms with Crippen molar-refractivity contribution in [3.8, 4) is 22.6 Å². The number of nitrogens with one attached hydrogen (secondary N) is 1. The molecule has 0 aliphatic rings. The fraction of sp³-hybridized carbons (Fsp3) is 0.103. The van der Waals surface area contributed by atoms with E-state index in [1.165, 1.54) is 0 Å². The summed E-state index contributed by atoms with van der Waals surface area (Å²) in [7, 11) is 1.61. The average Bonchev–Trinajstić information content (AvgIpc) is 3.43. The first-order valence-corrected chi connectivity index (χ1v) is 12.7.